The molecule has 0 aromatic heterocycles. The molecule has 0 saturated carbocycles. The van der Waals surface area contributed by atoms with Crippen molar-refractivity contribution < 1.29 is 0 Å². The van der Waals surface area contributed by atoms with Gasteiger partial charge in [-0.2, -0.15) is 10.5 Å². The molecule has 0 amide bonds. The summed E-state index contributed by atoms with van der Waals surface area (Å²) >= 11 is 0.574. The third-order valence-electron chi connectivity index (χ3n) is 0.0913. The van der Waals surface area contributed by atoms with Gasteiger partial charge >= 0.3 is 0 Å². The summed E-state index contributed by atoms with van der Waals surface area (Å²) in [5, 5.41) is 18.3. The van der Waals surface area contributed by atoms with Crippen LogP contribution in [-0.4, -0.2) is 18.0 Å². The van der Waals surface area contributed by atoms with Crippen molar-refractivity contribution in [3.8, 4) is 10.8 Å². The molecule has 4 heteroatoms. The molecule has 0 N–H and O–H groups in total. The zero-order chi connectivity index (χ0) is 4.12. The van der Waals surface area contributed by atoms with Gasteiger partial charge in [-0.15, -0.1) is 0 Å². The quantitative estimate of drug-likeness (QED) is 0.377. The van der Waals surface area contributed by atoms with Crippen LogP contribution in [0.15, 0.2) is 0 Å². The van der Waals surface area contributed by atoms with E-state index in [4.69, 9.17) is 10.5 Å². The van der Waals surface area contributed by atoms with Crippen LogP contribution in [0.3, 0.4) is 0 Å². The van der Waals surface area contributed by atoms with Gasteiger partial charge in [0.2, 0.25) is 0 Å². The second-order valence-corrected chi connectivity index (χ2v) is 0.854. The Kier molecular flexibility index (Phi) is 13.7. The van der Waals surface area contributed by atoms with E-state index < -0.39 is 0 Å². The molecule has 0 heterocycles. The van der Waals surface area contributed by atoms with Gasteiger partial charge in [0.15, 0.2) is 0 Å². The van der Waals surface area contributed by atoms with Gasteiger partial charge in [-0.25, -0.2) is 0 Å². The monoisotopic (exact) mass is 159 g/mol. The molecule has 0 unspecified atom stereocenters. The van der Waals surface area contributed by atoms with Gasteiger partial charge in [0, 0.05) is 18.0 Å². The van der Waals surface area contributed by atoms with Crippen LogP contribution < -0.4 is 0 Å². The Balaban J connectivity index is 0. The molecule has 0 spiro atoms. The van der Waals surface area contributed by atoms with Gasteiger partial charge in [0.1, 0.15) is 10.8 Å². The number of hydrogen-bond acceptors (Lipinski definition) is 3. The number of thiocyanates is 2. The summed E-state index contributed by atoms with van der Waals surface area (Å²) in [5.41, 5.74) is 0. The molecule has 2 nitrogen and oxygen atoms in total. The van der Waals surface area contributed by atoms with E-state index in [0.29, 0.717) is 11.8 Å². The predicted octanol–water partition coefficient (Wildman–Crippen LogP) is 0.301. The van der Waals surface area contributed by atoms with E-state index in [1.165, 1.54) is 0 Å². The number of nitriles is 2. The zero-order valence-electron chi connectivity index (χ0n) is 2.75. The molecule has 0 aliphatic carbocycles. The topological polar surface area (TPSA) is 47.6 Å². The Hall–Kier alpha value is -0.112. The van der Waals surface area contributed by atoms with Crippen LogP contribution in [0, 0.1) is 21.3 Å². The molecule has 3 radical (unpaired) electrons. The SMILES string of the molecule is N#CSC#N.[As]. The van der Waals surface area contributed by atoms with Gasteiger partial charge in [-0.05, 0) is 0 Å². The Labute approximate surface area is 51.4 Å². The molecule has 0 saturated heterocycles. The molecule has 0 aliphatic heterocycles. The molecule has 6 heavy (non-hydrogen) atoms. The Bertz CT molecular complexity index is 76.7. The van der Waals surface area contributed by atoms with E-state index in [0.717, 1.165) is 0 Å². The molecule has 0 aromatic carbocycles. The van der Waals surface area contributed by atoms with E-state index in [1.807, 2.05) is 0 Å². The fraction of sp³-hybridized carbons (Fsp3) is 0. The van der Waals surface area contributed by atoms with Crippen LogP contribution in [0.4, 0.5) is 0 Å². The average Bonchev–Trinajstić information content (AvgIpc) is 1.41. The Morgan fingerprint density at radius 1 is 1.17 bits per heavy atom. The minimum Gasteiger partial charge on any atom is -0.184 e. The second kappa shape index (κ2) is 8.86. The fourth-order valence-electron chi connectivity index (χ4n) is 0.0204. The van der Waals surface area contributed by atoms with E-state index in [-0.39, 0.29) is 18.0 Å². The Morgan fingerprint density at radius 3 is 1.50 bits per heavy atom. The van der Waals surface area contributed by atoms with E-state index in [9.17, 15) is 0 Å². The molecule has 29 valence electrons. The van der Waals surface area contributed by atoms with Gasteiger partial charge in [-0.3, -0.25) is 0 Å². The van der Waals surface area contributed by atoms with Gasteiger partial charge in [0.05, 0.1) is 11.8 Å². The standard InChI is InChI=1S/C2N2S.As/c3-1-5-2-4;. The first-order valence-corrected chi connectivity index (χ1v) is 1.67. The number of hydrogen-bond donors (Lipinski definition) is 0. The van der Waals surface area contributed by atoms with Crippen LogP contribution in [0.5, 0.6) is 0 Å². The van der Waals surface area contributed by atoms with Crippen molar-refractivity contribution in [1.29, 1.82) is 10.5 Å². The molecule has 0 rings (SSSR count). The van der Waals surface area contributed by atoms with Crippen molar-refractivity contribution in [3.05, 3.63) is 0 Å². The number of thioether (sulfide) groups is 1. The first-order chi connectivity index (χ1) is 2.41. The summed E-state index contributed by atoms with van der Waals surface area (Å²) in [7, 11) is 0. The molecule has 0 bridgehead atoms. The van der Waals surface area contributed by atoms with Crippen molar-refractivity contribution in [1.82, 2.24) is 0 Å². The summed E-state index contributed by atoms with van der Waals surface area (Å²) < 4.78 is 0. The van der Waals surface area contributed by atoms with Crippen molar-refractivity contribution in [3.63, 3.8) is 0 Å². The number of nitrogens with zero attached hydrogens (tertiary/aromatic N) is 2. The average molecular weight is 159 g/mol. The largest absolute Gasteiger partial charge is 0.184 e. The maximum Gasteiger partial charge on any atom is 0.149 e. The maximum absolute atomic E-state index is 7.56. The van der Waals surface area contributed by atoms with Crippen LogP contribution in [0.25, 0.3) is 0 Å². The molecular formula is C2AsN2S. The molecule has 0 aliphatic rings. The predicted molar refractivity (Wildman–Crippen MR) is 24.6 cm³/mol. The second-order valence-electron chi connectivity index (χ2n) is 0.285. The van der Waals surface area contributed by atoms with Gasteiger partial charge in [-0.1, -0.05) is 0 Å². The summed E-state index contributed by atoms with van der Waals surface area (Å²) in [5.74, 6) is 0. The third kappa shape index (κ3) is 9.10. The summed E-state index contributed by atoms with van der Waals surface area (Å²) in [6, 6.07) is 0. The van der Waals surface area contributed by atoms with Gasteiger partial charge in [0.25, 0.3) is 0 Å². The van der Waals surface area contributed by atoms with Crippen LogP contribution in [0.1, 0.15) is 0 Å². The fourth-order valence-corrected chi connectivity index (χ4v) is 0.0612. The van der Waals surface area contributed by atoms with E-state index in [1.54, 1.807) is 10.8 Å². The van der Waals surface area contributed by atoms with E-state index >= 15 is 0 Å². The van der Waals surface area contributed by atoms with Crippen molar-refractivity contribution in [2.24, 2.45) is 0 Å². The minimum absolute atomic E-state index is 0. The molecule has 0 atom stereocenters. The number of rotatable bonds is 0. The first-order valence-electron chi connectivity index (χ1n) is 0.855. The maximum atomic E-state index is 7.56. The summed E-state index contributed by atoms with van der Waals surface area (Å²) in [4.78, 5) is 0. The van der Waals surface area contributed by atoms with Crippen LogP contribution in [-0.2, 0) is 0 Å². The minimum atomic E-state index is 0. The van der Waals surface area contributed by atoms with Gasteiger partial charge < -0.3 is 0 Å². The first kappa shape index (κ1) is 9.31. The summed E-state index contributed by atoms with van der Waals surface area (Å²) in [6.07, 6.45) is 0. The normalized spacial score (nSPS) is 3.67. The molecule has 0 aromatic rings. The molecule has 0 fully saturated rings. The van der Waals surface area contributed by atoms with Crippen LogP contribution in [0.2, 0.25) is 0 Å². The third-order valence-corrected chi connectivity index (χ3v) is 0.274. The van der Waals surface area contributed by atoms with Crippen molar-refractivity contribution >= 4 is 29.7 Å². The van der Waals surface area contributed by atoms with Crippen molar-refractivity contribution in [2.45, 2.75) is 0 Å². The summed E-state index contributed by atoms with van der Waals surface area (Å²) in [6.45, 7) is 0. The van der Waals surface area contributed by atoms with E-state index in [2.05, 4.69) is 0 Å². The molecular weight excluding hydrogens is 159 g/mol. The smallest absolute Gasteiger partial charge is 0.149 e. The Morgan fingerprint density at radius 2 is 1.50 bits per heavy atom. The van der Waals surface area contributed by atoms with Crippen LogP contribution >= 0.6 is 11.8 Å². The van der Waals surface area contributed by atoms with Crippen molar-refractivity contribution in [2.75, 3.05) is 0 Å². The zero-order valence-corrected chi connectivity index (χ0v) is 5.44.